The topological polar surface area (TPSA) is 91.9 Å². The van der Waals surface area contributed by atoms with Gasteiger partial charge in [0.05, 0.1) is 6.04 Å². The van der Waals surface area contributed by atoms with Crippen molar-refractivity contribution in [3.05, 3.63) is 31.4 Å². The third-order valence-electron chi connectivity index (χ3n) is 2.37. The first-order valence-corrected chi connectivity index (χ1v) is 8.55. The van der Waals surface area contributed by atoms with Crippen LogP contribution in [0, 0.1) is 13.8 Å². The number of sulfonamides is 1. The van der Waals surface area contributed by atoms with E-state index in [1.165, 1.54) is 11.3 Å². The van der Waals surface area contributed by atoms with Crippen LogP contribution in [0.3, 0.4) is 0 Å². The molecule has 0 spiro atoms. The molecule has 0 aliphatic carbocycles. The zero-order valence-electron chi connectivity index (χ0n) is 10.6. The molecule has 0 saturated carbocycles. The second kappa shape index (κ2) is 5.16. The molecule has 2 N–H and O–H groups in total. The number of thiazole rings is 2. The van der Waals surface area contributed by atoms with Gasteiger partial charge in [0.25, 0.3) is 10.0 Å². The molecule has 2 aromatic rings. The highest BCUT2D eigenvalue weighted by Gasteiger charge is 2.24. The molecule has 0 aliphatic rings. The lowest BCUT2D eigenvalue weighted by Gasteiger charge is -2.10. The van der Waals surface area contributed by atoms with E-state index in [1.807, 2.05) is 6.92 Å². The van der Waals surface area contributed by atoms with Gasteiger partial charge in [-0.05, 0) is 20.8 Å². The Labute approximate surface area is 118 Å². The highest BCUT2D eigenvalue weighted by Crippen LogP contribution is 2.23. The maximum absolute atomic E-state index is 12.2. The largest absolute Gasteiger partial charge is 0.315 e. The van der Waals surface area contributed by atoms with Gasteiger partial charge in [-0.15, -0.1) is 11.3 Å². The van der Waals surface area contributed by atoms with Crippen LogP contribution in [0.15, 0.2) is 15.2 Å². The molecule has 0 fully saturated rings. The summed E-state index contributed by atoms with van der Waals surface area (Å²) < 4.78 is 26.9. The summed E-state index contributed by atoms with van der Waals surface area (Å²) in [5.74, 6) is 0. The number of aryl methyl sites for hydroxylation is 2. The summed E-state index contributed by atoms with van der Waals surface area (Å²) >= 11 is 2.12. The van der Waals surface area contributed by atoms with E-state index in [4.69, 9.17) is 0 Å². The Balaban J connectivity index is 2.27. The maximum Gasteiger partial charge on any atom is 0.305 e. The van der Waals surface area contributed by atoms with E-state index in [2.05, 4.69) is 14.7 Å². The van der Waals surface area contributed by atoms with Crippen molar-refractivity contribution in [1.29, 1.82) is 0 Å². The second-order valence-corrected chi connectivity index (χ2v) is 8.24. The summed E-state index contributed by atoms with van der Waals surface area (Å²) in [5, 5.41) is 0.696. The zero-order valence-corrected chi connectivity index (χ0v) is 13.0. The number of rotatable bonds is 4. The van der Waals surface area contributed by atoms with Gasteiger partial charge in [-0.25, -0.2) is 18.1 Å². The van der Waals surface area contributed by atoms with Crippen LogP contribution in [-0.2, 0) is 10.0 Å². The first-order valence-electron chi connectivity index (χ1n) is 5.44. The van der Waals surface area contributed by atoms with Crippen molar-refractivity contribution < 1.29 is 8.42 Å². The minimum Gasteiger partial charge on any atom is -0.315 e. The zero-order chi connectivity index (χ0) is 14.2. The summed E-state index contributed by atoms with van der Waals surface area (Å²) in [4.78, 5) is 18.4. The van der Waals surface area contributed by atoms with E-state index < -0.39 is 16.1 Å². The molecule has 1 atom stereocenters. The lowest BCUT2D eigenvalue weighted by atomic mass is 10.4. The van der Waals surface area contributed by atoms with E-state index in [1.54, 1.807) is 20.0 Å². The fourth-order valence-corrected chi connectivity index (χ4v) is 4.93. The van der Waals surface area contributed by atoms with Gasteiger partial charge in [0.15, 0.2) is 4.21 Å². The number of hydrogen-bond acceptors (Lipinski definition) is 6. The fourth-order valence-electron chi connectivity index (χ4n) is 1.56. The summed E-state index contributed by atoms with van der Waals surface area (Å²) in [5.41, 5.74) is 0.352. The lowest BCUT2D eigenvalue weighted by molar-refractivity contribution is 0.567. The Bertz CT molecular complexity index is 741. The number of nitrogens with zero attached hydrogens (tertiary/aromatic N) is 1. The van der Waals surface area contributed by atoms with Crippen molar-refractivity contribution in [1.82, 2.24) is 14.7 Å². The van der Waals surface area contributed by atoms with Gasteiger partial charge in [-0.3, -0.25) is 4.79 Å². The fraction of sp³-hybridized carbons (Fsp3) is 0.400. The molecule has 0 bridgehead atoms. The van der Waals surface area contributed by atoms with Crippen molar-refractivity contribution in [2.45, 2.75) is 31.0 Å². The van der Waals surface area contributed by atoms with Crippen molar-refractivity contribution in [2.75, 3.05) is 0 Å². The van der Waals surface area contributed by atoms with Crippen molar-refractivity contribution in [2.24, 2.45) is 0 Å². The number of aromatic nitrogens is 2. The maximum atomic E-state index is 12.2. The molecule has 0 aromatic carbocycles. The average Bonchev–Trinajstić information content (AvgIpc) is 2.84. The van der Waals surface area contributed by atoms with Crippen LogP contribution in [0.25, 0.3) is 0 Å². The molecule has 0 aliphatic heterocycles. The Morgan fingerprint density at radius 2 is 2.05 bits per heavy atom. The highest BCUT2D eigenvalue weighted by atomic mass is 32.2. The van der Waals surface area contributed by atoms with Gasteiger partial charge in [0.1, 0.15) is 5.01 Å². The molecule has 0 amide bonds. The van der Waals surface area contributed by atoms with E-state index in [9.17, 15) is 13.2 Å². The predicted molar refractivity (Wildman–Crippen MR) is 75.3 cm³/mol. The third-order valence-corrected chi connectivity index (χ3v) is 6.61. The second-order valence-electron chi connectivity index (χ2n) is 4.08. The van der Waals surface area contributed by atoms with Gasteiger partial charge in [0.2, 0.25) is 0 Å². The molecule has 1 unspecified atom stereocenters. The van der Waals surface area contributed by atoms with E-state index in [0.717, 1.165) is 4.88 Å². The molecule has 0 saturated heterocycles. The Morgan fingerprint density at radius 3 is 2.53 bits per heavy atom. The Kier molecular flexibility index (Phi) is 3.90. The van der Waals surface area contributed by atoms with Crippen LogP contribution in [0.2, 0.25) is 0 Å². The Morgan fingerprint density at radius 1 is 1.37 bits per heavy atom. The first kappa shape index (κ1) is 14.4. The number of H-pyrrole nitrogens is 1. The van der Waals surface area contributed by atoms with Crippen LogP contribution < -0.4 is 9.60 Å². The van der Waals surface area contributed by atoms with E-state index in [-0.39, 0.29) is 9.08 Å². The van der Waals surface area contributed by atoms with Crippen LogP contribution >= 0.6 is 22.7 Å². The average molecular weight is 319 g/mol. The van der Waals surface area contributed by atoms with Crippen LogP contribution in [0.5, 0.6) is 0 Å². The molecule has 6 nitrogen and oxygen atoms in total. The van der Waals surface area contributed by atoms with Crippen molar-refractivity contribution >= 4 is 32.7 Å². The van der Waals surface area contributed by atoms with Gasteiger partial charge in [-0.2, -0.15) is 0 Å². The normalized spacial score (nSPS) is 13.6. The molecule has 0 radical (unpaired) electrons. The molecule has 2 rings (SSSR count). The molecule has 9 heteroatoms. The molecule has 2 aromatic heterocycles. The van der Waals surface area contributed by atoms with Crippen LogP contribution in [0.1, 0.15) is 28.5 Å². The molecule has 19 heavy (non-hydrogen) atoms. The summed E-state index contributed by atoms with van der Waals surface area (Å²) in [6.45, 7) is 5.19. The van der Waals surface area contributed by atoms with Crippen LogP contribution in [0.4, 0.5) is 0 Å². The Hall–Kier alpha value is -1.03. The first-order chi connectivity index (χ1) is 8.79. The van der Waals surface area contributed by atoms with Gasteiger partial charge in [-0.1, -0.05) is 11.3 Å². The van der Waals surface area contributed by atoms with Gasteiger partial charge < -0.3 is 4.98 Å². The number of aromatic amines is 1. The minimum atomic E-state index is -3.70. The SMILES string of the molecule is Cc1cnc(C(C)NS(=O)(=O)c2sc(=O)[nH]c2C)s1. The summed E-state index contributed by atoms with van der Waals surface area (Å²) in [6, 6.07) is -0.430. The van der Waals surface area contributed by atoms with Gasteiger partial charge in [0, 0.05) is 16.8 Å². The highest BCUT2D eigenvalue weighted by molar-refractivity contribution is 7.91. The predicted octanol–water partition coefficient (Wildman–Crippen LogP) is 1.55. The molecular formula is C10H13N3O3S3. The summed E-state index contributed by atoms with van der Waals surface area (Å²) in [7, 11) is -3.70. The number of hydrogen-bond donors (Lipinski definition) is 2. The monoisotopic (exact) mass is 319 g/mol. The number of nitrogens with one attached hydrogen (secondary N) is 2. The quantitative estimate of drug-likeness (QED) is 0.894. The van der Waals surface area contributed by atoms with Crippen LogP contribution in [-0.4, -0.2) is 18.4 Å². The lowest BCUT2D eigenvalue weighted by Crippen LogP contribution is -2.26. The third kappa shape index (κ3) is 3.11. The van der Waals surface area contributed by atoms with Crippen molar-refractivity contribution in [3.63, 3.8) is 0 Å². The van der Waals surface area contributed by atoms with E-state index in [0.29, 0.717) is 22.0 Å². The molecule has 104 valence electrons. The smallest absolute Gasteiger partial charge is 0.305 e. The molecular weight excluding hydrogens is 306 g/mol. The minimum absolute atomic E-state index is 0.0256. The van der Waals surface area contributed by atoms with E-state index >= 15 is 0 Å². The standard InChI is InChI=1S/C10H13N3O3S3/c1-5-4-11-8(17-5)6(2)13-19(15,16)9-7(3)12-10(14)18-9/h4,6,13H,1-3H3,(H,12,14). The summed E-state index contributed by atoms with van der Waals surface area (Å²) in [6.07, 6.45) is 1.70. The van der Waals surface area contributed by atoms with Crippen molar-refractivity contribution in [3.8, 4) is 0 Å². The molecule has 2 heterocycles. The van der Waals surface area contributed by atoms with Gasteiger partial charge >= 0.3 is 4.87 Å².